The highest BCUT2D eigenvalue weighted by molar-refractivity contribution is 8.01. The summed E-state index contributed by atoms with van der Waals surface area (Å²) in [6.07, 6.45) is 1.79. The van der Waals surface area contributed by atoms with Gasteiger partial charge in [-0.15, -0.1) is 16.8 Å². The number of carbonyl (C=O) groups is 1. The van der Waals surface area contributed by atoms with Crippen LogP contribution in [0.25, 0.3) is 22.4 Å². The SMILES string of the molecule is C=CCSc1nnc(NC(=O)c2cc(-c3ccc(C)cc3)nc3onc(C)c23)s1. The van der Waals surface area contributed by atoms with Gasteiger partial charge in [0.05, 0.1) is 22.3 Å². The van der Waals surface area contributed by atoms with Crippen LogP contribution in [0, 0.1) is 13.8 Å². The lowest BCUT2D eigenvalue weighted by atomic mass is 10.0. The van der Waals surface area contributed by atoms with E-state index < -0.39 is 0 Å². The first-order valence-corrected chi connectivity index (χ1v) is 10.6. The van der Waals surface area contributed by atoms with Gasteiger partial charge in [0.2, 0.25) is 5.13 Å². The Balaban J connectivity index is 1.70. The lowest BCUT2D eigenvalue weighted by molar-refractivity contribution is 0.102. The van der Waals surface area contributed by atoms with Gasteiger partial charge in [0, 0.05) is 11.3 Å². The summed E-state index contributed by atoms with van der Waals surface area (Å²) < 4.78 is 6.11. The van der Waals surface area contributed by atoms with Gasteiger partial charge in [0.1, 0.15) is 0 Å². The molecule has 0 aliphatic carbocycles. The van der Waals surface area contributed by atoms with Gasteiger partial charge < -0.3 is 4.52 Å². The molecule has 146 valence electrons. The Labute approximate surface area is 175 Å². The number of benzene rings is 1. The summed E-state index contributed by atoms with van der Waals surface area (Å²) in [6.45, 7) is 7.48. The van der Waals surface area contributed by atoms with Crippen LogP contribution in [0.15, 0.2) is 51.8 Å². The lowest BCUT2D eigenvalue weighted by Crippen LogP contribution is -2.13. The lowest BCUT2D eigenvalue weighted by Gasteiger charge is -2.07. The van der Waals surface area contributed by atoms with Gasteiger partial charge in [-0.25, -0.2) is 4.98 Å². The van der Waals surface area contributed by atoms with Crippen molar-refractivity contribution in [2.75, 3.05) is 11.1 Å². The highest BCUT2D eigenvalue weighted by Crippen LogP contribution is 2.29. The summed E-state index contributed by atoms with van der Waals surface area (Å²) in [7, 11) is 0. The van der Waals surface area contributed by atoms with E-state index >= 15 is 0 Å². The topological polar surface area (TPSA) is 93.8 Å². The molecule has 0 radical (unpaired) electrons. The van der Waals surface area contributed by atoms with Gasteiger partial charge in [-0.05, 0) is 19.9 Å². The molecular formula is C20H17N5O2S2. The number of carbonyl (C=O) groups excluding carboxylic acids is 1. The van der Waals surface area contributed by atoms with E-state index in [1.807, 2.05) is 31.2 Å². The quantitative estimate of drug-likeness (QED) is 0.268. The molecule has 1 aromatic carbocycles. The molecule has 0 unspecified atom stereocenters. The number of aromatic nitrogens is 4. The Morgan fingerprint density at radius 3 is 2.83 bits per heavy atom. The van der Waals surface area contributed by atoms with Gasteiger partial charge >= 0.3 is 0 Å². The van der Waals surface area contributed by atoms with Crippen molar-refractivity contribution in [3.63, 3.8) is 0 Å². The Morgan fingerprint density at radius 2 is 2.07 bits per heavy atom. The van der Waals surface area contributed by atoms with Crippen LogP contribution >= 0.6 is 23.1 Å². The van der Waals surface area contributed by atoms with Crippen LogP contribution < -0.4 is 5.32 Å². The molecule has 4 rings (SSSR count). The van der Waals surface area contributed by atoms with Crippen molar-refractivity contribution in [3.05, 3.63) is 59.8 Å². The van der Waals surface area contributed by atoms with Gasteiger partial charge in [0.15, 0.2) is 4.34 Å². The molecular weight excluding hydrogens is 406 g/mol. The maximum atomic E-state index is 13.0. The third-order valence-electron chi connectivity index (χ3n) is 4.16. The number of aryl methyl sites for hydroxylation is 2. The first kappa shape index (κ1) is 19.3. The largest absolute Gasteiger partial charge is 0.335 e. The average molecular weight is 424 g/mol. The molecule has 3 aromatic heterocycles. The second kappa shape index (κ2) is 8.14. The second-order valence-electron chi connectivity index (χ2n) is 6.30. The van der Waals surface area contributed by atoms with Crippen LogP contribution in [0.1, 0.15) is 21.6 Å². The zero-order valence-corrected chi connectivity index (χ0v) is 17.4. The highest BCUT2D eigenvalue weighted by Gasteiger charge is 2.20. The maximum absolute atomic E-state index is 13.0. The summed E-state index contributed by atoms with van der Waals surface area (Å²) in [6, 6.07) is 9.66. The van der Waals surface area contributed by atoms with E-state index in [4.69, 9.17) is 4.52 Å². The van der Waals surface area contributed by atoms with E-state index in [0.29, 0.717) is 33.2 Å². The number of hydrogen-bond acceptors (Lipinski definition) is 8. The predicted octanol–water partition coefficient (Wildman–Crippen LogP) is 4.89. The van der Waals surface area contributed by atoms with E-state index in [0.717, 1.165) is 21.2 Å². The molecule has 0 spiro atoms. The predicted molar refractivity (Wildman–Crippen MR) is 115 cm³/mol. The third kappa shape index (κ3) is 4.06. The van der Waals surface area contributed by atoms with Crippen molar-refractivity contribution < 1.29 is 9.32 Å². The van der Waals surface area contributed by atoms with Crippen LogP contribution in [0.5, 0.6) is 0 Å². The Kier molecular flexibility index (Phi) is 5.41. The van der Waals surface area contributed by atoms with Crippen molar-refractivity contribution in [1.29, 1.82) is 0 Å². The van der Waals surface area contributed by atoms with Crippen LogP contribution in [0.3, 0.4) is 0 Å². The van der Waals surface area contributed by atoms with Gasteiger partial charge in [-0.1, -0.05) is 64.2 Å². The first-order valence-electron chi connectivity index (χ1n) is 8.78. The normalized spacial score (nSPS) is 11.0. The molecule has 29 heavy (non-hydrogen) atoms. The molecule has 0 fully saturated rings. The minimum atomic E-state index is -0.312. The van der Waals surface area contributed by atoms with E-state index in [-0.39, 0.29) is 5.91 Å². The Bertz CT molecular complexity index is 1200. The minimum absolute atomic E-state index is 0.312. The summed E-state index contributed by atoms with van der Waals surface area (Å²) in [4.78, 5) is 17.6. The van der Waals surface area contributed by atoms with E-state index in [2.05, 4.69) is 32.2 Å². The van der Waals surface area contributed by atoms with Crippen LogP contribution in [-0.4, -0.2) is 32.0 Å². The third-order valence-corrected chi connectivity index (χ3v) is 6.13. The standard InChI is InChI=1S/C20H17N5O2S2/c1-4-9-28-20-24-23-19(29-20)22-17(26)14-10-15(13-7-5-11(2)6-8-13)21-18-16(14)12(3)25-27-18/h4-8,10H,1,9H2,2-3H3,(H,22,23,26). The molecule has 0 saturated carbocycles. The molecule has 9 heteroatoms. The van der Waals surface area contributed by atoms with Gasteiger partial charge in [-0.2, -0.15) is 0 Å². The average Bonchev–Trinajstić information content (AvgIpc) is 3.32. The molecule has 0 atom stereocenters. The van der Waals surface area contributed by atoms with Crippen LogP contribution in [-0.2, 0) is 0 Å². The van der Waals surface area contributed by atoms with Crippen molar-refractivity contribution in [2.45, 2.75) is 18.2 Å². The van der Waals surface area contributed by atoms with Crippen molar-refractivity contribution in [3.8, 4) is 11.3 Å². The van der Waals surface area contributed by atoms with Crippen molar-refractivity contribution in [1.82, 2.24) is 20.3 Å². The van der Waals surface area contributed by atoms with E-state index in [9.17, 15) is 4.79 Å². The van der Waals surface area contributed by atoms with Crippen molar-refractivity contribution >= 4 is 45.2 Å². The molecule has 0 saturated heterocycles. The second-order valence-corrected chi connectivity index (χ2v) is 8.54. The molecule has 0 aliphatic heterocycles. The van der Waals surface area contributed by atoms with Crippen LogP contribution in [0.4, 0.5) is 5.13 Å². The molecule has 1 amide bonds. The number of nitrogens with zero attached hydrogens (tertiary/aromatic N) is 4. The number of pyridine rings is 1. The number of fused-ring (bicyclic) bond motifs is 1. The van der Waals surface area contributed by atoms with Gasteiger partial charge in [-0.3, -0.25) is 10.1 Å². The zero-order valence-electron chi connectivity index (χ0n) is 15.8. The summed E-state index contributed by atoms with van der Waals surface area (Å²) in [5.41, 5.74) is 4.03. The van der Waals surface area contributed by atoms with E-state index in [1.165, 1.54) is 23.1 Å². The number of nitrogens with one attached hydrogen (secondary N) is 1. The highest BCUT2D eigenvalue weighted by atomic mass is 32.2. The number of amides is 1. The Morgan fingerprint density at radius 1 is 1.28 bits per heavy atom. The molecule has 0 bridgehead atoms. The zero-order chi connectivity index (χ0) is 20.4. The van der Waals surface area contributed by atoms with E-state index in [1.54, 1.807) is 19.1 Å². The smallest absolute Gasteiger partial charge is 0.259 e. The fourth-order valence-corrected chi connectivity index (χ4v) is 4.27. The van der Waals surface area contributed by atoms with Crippen LogP contribution in [0.2, 0.25) is 0 Å². The summed E-state index contributed by atoms with van der Waals surface area (Å²) in [5, 5.41) is 15.9. The first-order chi connectivity index (χ1) is 14.0. The number of hydrogen-bond donors (Lipinski definition) is 1. The monoisotopic (exact) mass is 423 g/mol. The summed E-state index contributed by atoms with van der Waals surface area (Å²) >= 11 is 2.83. The molecule has 4 aromatic rings. The molecule has 3 heterocycles. The Hall–Kier alpha value is -3.04. The van der Waals surface area contributed by atoms with Crippen molar-refractivity contribution in [2.24, 2.45) is 0 Å². The fraction of sp³-hybridized carbons (Fsp3) is 0.150. The number of thioether (sulfide) groups is 1. The number of anilines is 1. The maximum Gasteiger partial charge on any atom is 0.259 e. The van der Waals surface area contributed by atoms with Gasteiger partial charge in [0.25, 0.3) is 11.6 Å². The fourth-order valence-electron chi connectivity index (χ4n) is 2.76. The number of rotatable bonds is 6. The molecule has 1 N–H and O–H groups in total. The minimum Gasteiger partial charge on any atom is -0.335 e. The molecule has 0 aliphatic rings. The summed E-state index contributed by atoms with van der Waals surface area (Å²) in [5.74, 6) is 0.418. The molecule has 7 nitrogen and oxygen atoms in total.